The molecule has 9 heteroatoms. The number of thioether (sulfide) groups is 1. The molecule has 8 nitrogen and oxygen atoms in total. The molecule has 3 aromatic heterocycles. The van der Waals surface area contributed by atoms with Crippen molar-refractivity contribution >= 4 is 34.2 Å². The highest BCUT2D eigenvalue weighted by Crippen LogP contribution is 2.18. The summed E-state index contributed by atoms with van der Waals surface area (Å²) in [5.41, 5.74) is 2.08. The maximum atomic E-state index is 12.8. The number of amides is 1. The molecule has 0 radical (unpaired) electrons. The van der Waals surface area contributed by atoms with Gasteiger partial charge in [0.15, 0.2) is 11.5 Å². The van der Waals surface area contributed by atoms with Crippen LogP contribution in [0.4, 0.5) is 0 Å². The Kier molecular flexibility index (Phi) is 5.80. The topological polar surface area (TPSA) is 94.2 Å². The predicted molar refractivity (Wildman–Crippen MR) is 118 cm³/mol. The Morgan fingerprint density at radius 2 is 2.07 bits per heavy atom. The first-order valence-electron chi connectivity index (χ1n) is 9.61. The molecule has 0 aliphatic heterocycles. The maximum absolute atomic E-state index is 12.8. The van der Waals surface area contributed by atoms with Crippen LogP contribution in [0.1, 0.15) is 23.9 Å². The second-order valence-electron chi connectivity index (χ2n) is 7.04. The largest absolute Gasteiger partial charge is 0.344 e. The lowest BCUT2D eigenvalue weighted by molar-refractivity contribution is -0.122. The Balaban J connectivity index is 1.58. The molecule has 3 heterocycles. The summed E-state index contributed by atoms with van der Waals surface area (Å²) in [4.78, 5) is 30.0. The van der Waals surface area contributed by atoms with Crippen molar-refractivity contribution in [2.45, 2.75) is 25.9 Å². The van der Waals surface area contributed by atoms with Gasteiger partial charge < -0.3 is 5.32 Å². The van der Waals surface area contributed by atoms with Gasteiger partial charge in [0.25, 0.3) is 5.56 Å². The molecule has 1 aromatic carbocycles. The van der Waals surface area contributed by atoms with E-state index in [1.807, 2.05) is 54.1 Å². The van der Waals surface area contributed by atoms with Gasteiger partial charge in [-0.15, -0.1) is 10.2 Å². The molecule has 1 amide bonds. The monoisotopic (exact) mass is 422 g/mol. The summed E-state index contributed by atoms with van der Waals surface area (Å²) >= 11 is 1.69. The van der Waals surface area contributed by atoms with Crippen molar-refractivity contribution in [2.75, 3.05) is 12.0 Å². The minimum absolute atomic E-state index is 0.109. The molecular formula is C21H22N6O2S. The number of carbonyl (C=O) groups is 1. The Bertz CT molecular complexity index is 1270. The van der Waals surface area contributed by atoms with Crippen LogP contribution in [0, 0.1) is 6.92 Å². The van der Waals surface area contributed by atoms with Crippen LogP contribution in [0.25, 0.3) is 16.6 Å². The average molecular weight is 423 g/mol. The quantitative estimate of drug-likeness (QED) is 0.491. The number of nitrogens with one attached hydrogen (secondary N) is 1. The van der Waals surface area contributed by atoms with Crippen LogP contribution in [-0.4, -0.2) is 42.1 Å². The molecule has 1 unspecified atom stereocenters. The molecular weight excluding hydrogens is 400 g/mol. The van der Waals surface area contributed by atoms with Gasteiger partial charge in [0, 0.05) is 6.20 Å². The van der Waals surface area contributed by atoms with Crippen LogP contribution in [0.2, 0.25) is 0 Å². The molecule has 0 saturated carbocycles. The number of hydrogen-bond acceptors (Lipinski definition) is 6. The van der Waals surface area contributed by atoms with Crippen LogP contribution in [0.3, 0.4) is 0 Å². The van der Waals surface area contributed by atoms with Crippen LogP contribution >= 0.6 is 11.8 Å². The van der Waals surface area contributed by atoms with Crippen molar-refractivity contribution in [1.29, 1.82) is 0 Å². The van der Waals surface area contributed by atoms with E-state index in [2.05, 4.69) is 20.5 Å². The Morgan fingerprint density at radius 3 is 2.90 bits per heavy atom. The van der Waals surface area contributed by atoms with Gasteiger partial charge in [-0.1, -0.05) is 18.2 Å². The Morgan fingerprint density at radius 1 is 1.20 bits per heavy atom. The molecule has 4 aromatic rings. The van der Waals surface area contributed by atoms with E-state index in [1.165, 1.54) is 10.9 Å². The molecule has 154 valence electrons. The van der Waals surface area contributed by atoms with E-state index in [-0.39, 0.29) is 24.1 Å². The summed E-state index contributed by atoms with van der Waals surface area (Å²) in [5, 5.41) is 12.0. The molecule has 4 rings (SSSR count). The summed E-state index contributed by atoms with van der Waals surface area (Å²) in [5.74, 6) is 1.25. The Labute approximate surface area is 177 Å². The predicted octanol–water partition coefficient (Wildman–Crippen LogP) is 2.36. The third kappa shape index (κ3) is 3.93. The van der Waals surface area contributed by atoms with E-state index < -0.39 is 0 Å². The zero-order valence-electron chi connectivity index (χ0n) is 16.8. The molecule has 30 heavy (non-hydrogen) atoms. The van der Waals surface area contributed by atoms with Crippen molar-refractivity contribution in [2.24, 2.45) is 0 Å². The lowest BCUT2D eigenvalue weighted by atomic mass is 10.1. The van der Waals surface area contributed by atoms with Crippen LogP contribution in [0.15, 0.2) is 53.7 Å². The number of aryl methyl sites for hydroxylation is 1. The number of carbonyl (C=O) groups excluding carboxylic acids is 1. The number of nitrogens with zero attached hydrogens (tertiary/aromatic N) is 5. The second kappa shape index (κ2) is 8.66. The average Bonchev–Trinajstić information content (AvgIpc) is 3.18. The lowest BCUT2D eigenvalue weighted by Gasteiger charge is -2.17. The van der Waals surface area contributed by atoms with E-state index in [4.69, 9.17) is 0 Å². The summed E-state index contributed by atoms with van der Waals surface area (Å²) in [6.07, 6.45) is 6.03. The van der Waals surface area contributed by atoms with Gasteiger partial charge in [-0.25, -0.2) is 4.98 Å². The van der Waals surface area contributed by atoms with Crippen LogP contribution in [0.5, 0.6) is 0 Å². The minimum atomic E-state index is -0.311. The maximum Gasteiger partial charge on any atom is 0.261 e. The molecule has 1 atom stereocenters. The minimum Gasteiger partial charge on any atom is -0.344 e. The van der Waals surface area contributed by atoms with Crippen molar-refractivity contribution in [3.63, 3.8) is 0 Å². The molecule has 0 aliphatic carbocycles. The molecule has 0 spiro atoms. The highest BCUT2D eigenvalue weighted by atomic mass is 32.2. The van der Waals surface area contributed by atoms with Crippen molar-refractivity contribution < 1.29 is 4.79 Å². The molecule has 0 saturated heterocycles. The van der Waals surface area contributed by atoms with Gasteiger partial charge in [-0.2, -0.15) is 11.8 Å². The summed E-state index contributed by atoms with van der Waals surface area (Å²) < 4.78 is 3.21. The van der Waals surface area contributed by atoms with E-state index in [0.29, 0.717) is 23.1 Å². The number of pyridine rings is 1. The highest BCUT2D eigenvalue weighted by Gasteiger charge is 2.20. The van der Waals surface area contributed by atoms with E-state index in [0.717, 1.165) is 17.0 Å². The first-order chi connectivity index (χ1) is 14.6. The number of aromatic nitrogens is 5. The summed E-state index contributed by atoms with van der Waals surface area (Å²) in [6, 6.07) is 10.8. The molecule has 0 fully saturated rings. The second-order valence-corrected chi connectivity index (χ2v) is 8.02. The van der Waals surface area contributed by atoms with Gasteiger partial charge >= 0.3 is 0 Å². The van der Waals surface area contributed by atoms with Crippen molar-refractivity contribution in [1.82, 2.24) is 29.5 Å². The first kappa shape index (κ1) is 20.1. The van der Waals surface area contributed by atoms with Gasteiger partial charge in [-0.05, 0) is 49.1 Å². The van der Waals surface area contributed by atoms with Gasteiger partial charge in [-0.3, -0.25) is 18.6 Å². The molecule has 0 aliphatic rings. The standard InChI is InChI=1S/C21H22N6O2S/c1-14-6-5-7-15-19(14)22-13-26(21(15)29)12-18(28)23-16(9-11-30-2)20-25-24-17-8-3-4-10-27(17)20/h3-8,10,13,16H,9,11-12H2,1-2H3,(H,23,28). The van der Waals surface area contributed by atoms with Crippen LogP contribution < -0.4 is 10.9 Å². The first-order valence-corrected chi connectivity index (χ1v) is 11.0. The molecule has 1 N–H and O–H groups in total. The zero-order valence-corrected chi connectivity index (χ0v) is 17.6. The van der Waals surface area contributed by atoms with Crippen LogP contribution in [-0.2, 0) is 11.3 Å². The van der Waals surface area contributed by atoms with Gasteiger partial charge in [0.2, 0.25) is 5.91 Å². The SMILES string of the molecule is CSCCC(NC(=O)Cn1cnc2c(C)cccc2c1=O)c1nnc2ccccn12. The van der Waals surface area contributed by atoms with E-state index in [9.17, 15) is 9.59 Å². The van der Waals surface area contributed by atoms with Gasteiger partial charge in [0.1, 0.15) is 6.54 Å². The van der Waals surface area contributed by atoms with Crippen molar-refractivity contribution in [3.05, 3.63) is 70.7 Å². The zero-order chi connectivity index (χ0) is 21.1. The van der Waals surface area contributed by atoms with E-state index >= 15 is 0 Å². The third-order valence-corrected chi connectivity index (χ3v) is 5.61. The number of hydrogen-bond donors (Lipinski definition) is 1. The van der Waals surface area contributed by atoms with E-state index in [1.54, 1.807) is 17.8 Å². The number of benzene rings is 1. The smallest absolute Gasteiger partial charge is 0.261 e. The summed E-state index contributed by atoms with van der Waals surface area (Å²) in [7, 11) is 0. The Hall–Kier alpha value is -3.20. The van der Waals surface area contributed by atoms with Gasteiger partial charge in [0.05, 0.1) is 23.3 Å². The number of fused-ring (bicyclic) bond motifs is 2. The third-order valence-electron chi connectivity index (χ3n) is 4.97. The summed E-state index contributed by atoms with van der Waals surface area (Å²) in [6.45, 7) is 1.80. The highest BCUT2D eigenvalue weighted by molar-refractivity contribution is 7.98. The fourth-order valence-corrected chi connectivity index (χ4v) is 3.92. The number of rotatable bonds is 7. The fraction of sp³-hybridized carbons (Fsp3) is 0.286. The lowest BCUT2D eigenvalue weighted by Crippen LogP contribution is -2.36. The fourth-order valence-electron chi connectivity index (χ4n) is 3.44. The normalized spacial score (nSPS) is 12.3. The molecule has 0 bridgehead atoms. The van der Waals surface area contributed by atoms with Crippen molar-refractivity contribution in [3.8, 4) is 0 Å². The number of para-hydroxylation sites is 1.